The number of nitrogens with two attached hydrogens (primary N) is 1. The SMILES string of the molecule is CCc1ccc(CNCc2cccc(C)c2)cc1-c1ccc(O)c2c1C[C@H]1C[C@H]3[C@H](C(C)C)C(=O)C(C(N)=O)=C(O)[C@@]3(O)C(=O)C1=C2O. The Morgan fingerprint density at radius 1 is 1.00 bits per heavy atom. The van der Waals surface area contributed by atoms with Crippen LogP contribution in [0, 0.1) is 30.6 Å². The molecule has 4 atom stereocenters. The van der Waals surface area contributed by atoms with Crippen LogP contribution in [0.2, 0.25) is 0 Å². The van der Waals surface area contributed by atoms with Crippen LogP contribution in [0.15, 0.2) is 71.5 Å². The number of nitrogens with one attached hydrogen (secondary N) is 1. The molecule has 3 aromatic rings. The van der Waals surface area contributed by atoms with Gasteiger partial charge in [0, 0.05) is 30.5 Å². The van der Waals surface area contributed by atoms with Gasteiger partial charge >= 0.3 is 0 Å². The van der Waals surface area contributed by atoms with E-state index in [-0.39, 0.29) is 29.7 Å². The smallest absolute Gasteiger partial charge is 0.255 e. The Labute approximate surface area is 279 Å². The molecule has 0 saturated heterocycles. The van der Waals surface area contributed by atoms with Crippen LogP contribution in [0.25, 0.3) is 16.9 Å². The number of rotatable bonds is 8. The number of carbonyl (C=O) groups excluding carboxylic acids is 3. The maximum atomic E-state index is 14.2. The number of aryl methyl sites for hydroxylation is 2. The summed E-state index contributed by atoms with van der Waals surface area (Å²) >= 11 is 0. The number of hydrogen-bond donors (Lipinski definition) is 6. The van der Waals surface area contributed by atoms with Gasteiger partial charge in [0.05, 0.1) is 5.56 Å². The van der Waals surface area contributed by atoms with E-state index in [4.69, 9.17) is 5.73 Å². The van der Waals surface area contributed by atoms with Gasteiger partial charge in [-0.05, 0) is 83.5 Å². The molecular formula is C39H42N2O7. The van der Waals surface area contributed by atoms with Crippen molar-refractivity contribution in [3.63, 3.8) is 0 Å². The number of amides is 1. The van der Waals surface area contributed by atoms with E-state index >= 15 is 0 Å². The number of aromatic hydroxyl groups is 1. The van der Waals surface area contributed by atoms with Gasteiger partial charge in [0.1, 0.15) is 22.8 Å². The average molecular weight is 651 g/mol. The molecule has 1 amide bonds. The van der Waals surface area contributed by atoms with E-state index in [9.17, 15) is 34.8 Å². The number of aliphatic hydroxyl groups excluding tert-OH is 2. The predicted molar refractivity (Wildman–Crippen MR) is 182 cm³/mol. The molecule has 0 aromatic heterocycles. The van der Waals surface area contributed by atoms with Crippen LogP contribution < -0.4 is 11.1 Å². The van der Waals surface area contributed by atoms with Crippen molar-refractivity contribution in [1.82, 2.24) is 5.32 Å². The van der Waals surface area contributed by atoms with Crippen LogP contribution in [0.4, 0.5) is 0 Å². The van der Waals surface area contributed by atoms with E-state index in [1.165, 1.54) is 17.2 Å². The number of Topliss-reactive ketones (excluding diaryl/α,β-unsaturated/α-hetero) is 2. The second-order valence-corrected chi connectivity index (χ2v) is 13.7. The van der Waals surface area contributed by atoms with Gasteiger partial charge in [-0.2, -0.15) is 0 Å². The van der Waals surface area contributed by atoms with Gasteiger partial charge in [-0.3, -0.25) is 14.4 Å². The molecule has 1 saturated carbocycles. The zero-order valence-electron chi connectivity index (χ0n) is 27.6. The minimum absolute atomic E-state index is 0.0738. The minimum atomic E-state index is -2.63. The van der Waals surface area contributed by atoms with Gasteiger partial charge in [-0.15, -0.1) is 0 Å². The van der Waals surface area contributed by atoms with Crippen molar-refractivity contribution in [3.8, 4) is 16.9 Å². The number of aliphatic hydroxyl groups is 3. The monoisotopic (exact) mass is 650 g/mol. The molecule has 0 unspecified atom stereocenters. The van der Waals surface area contributed by atoms with Crippen molar-refractivity contribution in [1.29, 1.82) is 0 Å². The Morgan fingerprint density at radius 2 is 1.71 bits per heavy atom. The van der Waals surface area contributed by atoms with E-state index in [1.54, 1.807) is 13.8 Å². The first-order valence-corrected chi connectivity index (χ1v) is 16.5. The summed E-state index contributed by atoms with van der Waals surface area (Å²) in [6, 6.07) is 17.9. The number of fused-ring (bicyclic) bond motifs is 3. The number of hydrogen-bond acceptors (Lipinski definition) is 8. The maximum absolute atomic E-state index is 14.2. The minimum Gasteiger partial charge on any atom is -0.508 e. The van der Waals surface area contributed by atoms with Crippen LogP contribution in [-0.2, 0) is 40.3 Å². The fourth-order valence-corrected chi connectivity index (χ4v) is 8.20. The van der Waals surface area contributed by atoms with Crippen LogP contribution >= 0.6 is 0 Å². The van der Waals surface area contributed by atoms with Crippen LogP contribution in [0.5, 0.6) is 5.75 Å². The summed E-state index contributed by atoms with van der Waals surface area (Å²) in [4.78, 5) is 39.9. The van der Waals surface area contributed by atoms with Crippen molar-refractivity contribution >= 4 is 23.2 Å². The second-order valence-electron chi connectivity index (χ2n) is 13.7. The quantitative estimate of drug-likeness (QED) is 0.182. The summed E-state index contributed by atoms with van der Waals surface area (Å²) < 4.78 is 0. The third-order valence-corrected chi connectivity index (χ3v) is 10.4. The van der Waals surface area contributed by atoms with Crippen LogP contribution in [-0.4, -0.2) is 43.5 Å². The zero-order chi connectivity index (χ0) is 34.7. The summed E-state index contributed by atoms with van der Waals surface area (Å²) in [6.07, 6.45) is 1.05. The Hall–Kier alpha value is -4.73. The Balaban J connectivity index is 1.43. The third-order valence-electron chi connectivity index (χ3n) is 10.4. The lowest BCUT2D eigenvalue weighted by atomic mass is 9.54. The van der Waals surface area contributed by atoms with Crippen molar-refractivity contribution in [2.24, 2.45) is 29.4 Å². The van der Waals surface area contributed by atoms with Crippen LogP contribution in [0.3, 0.4) is 0 Å². The summed E-state index contributed by atoms with van der Waals surface area (Å²) in [5.74, 6) is -7.78. The van der Waals surface area contributed by atoms with Crippen molar-refractivity contribution < 1.29 is 34.8 Å². The van der Waals surface area contributed by atoms with E-state index < -0.39 is 63.8 Å². The van der Waals surface area contributed by atoms with Gasteiger partial charge < -0.3 is 31.5 Å². The first-order valence-electron chi connectivity index (χ1n) is 16.5. The number of phenols is 1. The fraction of sp³-hybridized carbons (Fsp3) is 0.359. The van der Waals surface area contributed by atoms with E-state index in [1.807, 2.05) is 12.1 Å². The first-order chi connectivity index (χ1) is 22.8. The first kappa shape index (κ1) is 33.2. The maximum Gasteiger partial charge on any atom is 0.255 e. The lowest BCUT2D eigenvalue weighted by Crippen LogP contribution is -2.62. The second kappa shape index (κ2) is 12.4. The molecule has 0 heterocycles. The number of benzene rings is 3. The third kappa shape index (κ3) is 5.22. The molecule has 9 nitrogen and oxygen atoms in total. The largest absolute Gasteiger partial charge is 0.508 e. The van der Waals surface area contributed by atoms with Gasteiger partial charge in [0.25, 0.3) is 5.91 Å². The molecule has 3 aliphatic carbocycles. The number of primary amides is 1. The predicted octanol–water partition coefficient (Wildman–Crippen LogP) is 5.13. The highest BCUT2D eigenvalue weighted by Gasteiger charge is 2.64. The molecule has 250 valence electrons. The molecule has 9 heteroatoms. The zero-order valence-corrected chi connectivity index (χ0v) is 27.6. The topological polar surface area (TPSA) is 170 Å². The van der Waals surface area contributed by atoms with Crippen LogP contribution in [0.1, 0.15) is 60.6 Å². The normalized spacial score (nSPS) is 23.7. The lowest BCUT2D eigenvalue weighted by molar-refractivity contribution is -0.155. The van der Waals surface area contributed by atoms with Gasteiger partial charge in [0.2, 0.25) is 5.78 Å². The van der Waals surface area contributed by atoms with Gasteiger partial charge in [-0.25, -0.2) is 0 Å². The highest BCUT2D eigenvalue weighted by Crippen LogP contribution is 2.55. The molecule has 3 aliphatic rings. The summed E-state index contributed by atoms with van der Waals surface area (Å²) in [7, 11) is 0. The van der Waals surface area contributed by atoms with E-state index in [0.717, 1.165) is 28.7 Å². The molecule has 0 aliphatic heterocycles. The molecule has 48 heavy (non-hydrogen) atoms. The number of carbonyl (C=O) groups is 3. The number of phenolic OH excluding ortho intramolecular Hbond substituents is 1. The molecule has 0 spiro atoms. The molecule has 6 rings (SSSR count). The summed E-state index contributed by atoms with van der Waals surface area (Å²) in [5, 5.41) is 49.3. The number of ketones is 2. The molecule has 3 aromatic carbocycles. The molecule has 0 bridgehead atoms. The average Bonchev–Trinajstić information content (AvgIpc) is 3.02. The van der Waals surface area contributed by atoms with Gasteiger partial charge in [0.15, 0.2) is 11.4 Å². The molecule has 1 fully saturated rings. The van der Waals surface area contributed by atoms with Gasteiger partial charge in [-0.1, -0.05) is 68.8 Å². The molecule has 7 N–H and O–H groups in total. The summed E-state index contributed by atoms with van der Waals surface area (Å²) in [5.41, 5.74) is 8.87. The van der Waals surface area contributed by atoms with Crippen molar-refractivity contribution in [3.05, 3.63) is 105 Å². The Kier molecular flexibility index (Phi) is 8.56. The van der Waals surface area contributed by atoms with Crippen molar-refractivity contribution in [2.45, 2.75) is 65.6 Å². The van der Waals surface area contributed by atoms with E-state index in [2.05, 4.69) is 55.6 Å². The highest BCUT2D eigenvalue weighted by molar-refractivity contribution is 6.23. The lowest BCUT2D eigenvalue weighted by Gasteiger charge is -2.50. The molecular weight excluding hydrogens is 608 g/mol. The highest BCUT2D eigenvalue weighted by atomic mass is 16.3. The standard InChI is InChI=1S/C39H42N2O7/c1-5-23-10-9-22(18-41-17-21-8-6-7-20(4)13-21)14-26(23)25-11-12-29(42)32-27(25)15-24-16-28-30(19(2)3)34(43)33(38(40)47)37(46)39(28,48)36(45)31(24)35(32)44/h6-14,19,24,28,30,41-42,44,46,48H,5,15-18H2,1-4H3,(H2,40,47)/t24-,28-,30-,39-/m0/s1. The van der Waals surface area contributed by atoms with E-state index in [0.29, 0.717) is 18.7 Å². The molecule has 0 radical (unpaired) electrons. The summed E-state index contributed by atoms with van der Waals surface area (Å²) in [6.45, 7) is 8.94. The van der Waals surface area contributed by atoms with Crippen molar-refractivity contribution in [2.75, 3.05) is 0 Å². The Morgan fingerprint density at radius 3 is 2.35 bits per heavy atom. The Bertz CT molecular complexity index is 1920. The fourth-order valence-electron chi connectivity index (χ4n) is 8.20.